The fraction of sp³-hybridized carbons (Fsp3) is 0.583. The van der Waals surface area contributed by atoms with E-state index in [1.165, 1.54) is 0 Å². The maximum absolute atomic E-state index is 10.4. The Hall–Kier alpha value is -1.69. The van der Waals surface area contributed by atoms with Crippen molar-refractivity contribution in [1.82, 2.24) is 19.6 Å². The van der Waals surface area contributed by atoms with Gasteiger partial charge in [0.2, 0.25) is 5.65 Å². The van der Waals surface area contributed by atoms with Crippen molar-refractivity contribution in [1.29, 1.82) is 0 Å². The van der Waals surface area contributed by atoms with Crippen LogP contribution in [0.15, 0.2) is 18.7 Å². The Labute approximate surface area is 105 Å². The number of likely N-dealkylation sites (N-methyl/N-ethyl adjacent to an activating group) is 1. The molecule has 0 spiro atoms. The second-order valence-electron chi connectivity index (χ2n) is 5.10. The van der Waals surface area contributed by atoms with Crippen LogP contribution in [-0.2, 0) is 0 Å². The molecular formula is C12H17N5O. The van der Waals surface area contributed by atoms with Gasteiger partial charge in [-0.25, -0.2) is 4.98 Å². The summed E-state index contributed by atoms with van der Waals surface area (Å²) in [5.41, 5.74) is 0.144. The Morgan fingerprint density at radius 2 is 2.22 bits per heavy atom. The molecular weight excluding hydrogens is 230 g/mol. The molecule has 0 amide bonds. The molecule has 0 aromatic carbocycles. The van der Waals surface area contributed by atoms with Crippen molar-refractivity contribution >= 4 is 11.5 Å². The van der Waals surface area contributed by atoms with E-state index < -0.39 is 5.60 Å². The second kappa shape index (κ2) is 4.20. The number of nitrogens with zero attached hydrogens (tertiary/aromatic N) is 5. The van der Waals surface area contributed by atoms with Gasteiger partial charge >= 0.3 is 0 Å². The molecule has 2 aromatic heterocycles. The number of anilines is 1. The van der Waals surface area contributed by atoms with Crippen LogP contribution in [0.5, 0.6) is 0 Å². The van der Waals surface area contributed by atoms with Gasteiger partial charge in [-0.1, -0.05) is 12.8 Å². The van der Waals surface area contributed by atoms with E-state index in [-0.39, 0.29) is 0 Å². The molecule has 1 aliphatic carbocycles. The van der Waals surface area contributed by atoms with E-state index in [9.17, 15) is 5.11 Å². The zero-order valence-corrected chi connectivity index (χ0v) is 10.5. The van der Waals surface area contributed by atoms with E-state index in [2.05, 4.69) is 15.2 Å². The van der Waals surface area contributed by atoms with Crippen LogP contribution in [0.4, 0.5) is 5.82 Å². The van der Waals surface area contributed by atoms with Crippen molar-refractivity contribution < 1.29 is 5.11 Å². The topological polar surface area (TPSA) is 66.5 Å². The molecule has 2 aromatic rings. The molecule has 1 fully saturated rings. The van der Waals surface area contributed by atoms with Crippen LogP contribution in [0, 0.1) is 0 Å². The molecule has 6 heteroatoms. The van der Waals surface area contributed by atoms with Gasteiger partial charge in [0, 0.05) is 26.0 Å². The van der Waals surface area contributed by atoms with Gasteiger partial charge in [0.25, 0.3) is 0 Å². The molecule has 18 heavy (non-hydrogen) atoms. The van der Waals surface area contributed by atoms with Gasteiger partial charge in [-0.05, 0) is 12.8 Å². The zero-order chi connectivity index (χ0) is 12.6. The third kappa shape index (κ3) is 1.92. The van der Waals surface area contributed by atoms with Gasteiger partial charge in [0.15, 0.2) is 5.82 Å². The first-order valence-electron chi connectivity index (χ1n) is 6.26. The number of aromatic nitrogens is 4. The Balaban J connectivity index is 1.87. The molecule has 0 aliphatic heterocycles. The van der Waals surface area contributed by atoms with Gasteiger partial charge in [0.05, 0.1) is 5.60 Å². The summed E-state index contributed by atoms with van der Waals surface area (Å²) < 4.78 is 1.83. The lowest BCUT2D eigenvalue weighted by atomic mass is 10.0. The first-order valence-corrected chi connectivity index (χ1v) is 6.26. The normalized spacial score (nSPS) is 18.3. The molecule has 0 radical (unpaired) electrons. The summed E-state index contributed by atoms with van der Waals surface area (Å²) in [6, 6.07) is 0. The molecule has 2 heterocycles. The molecule has 0 saturated heterocycles. The molecule has 1 saturated carbocycles. The standard InChI is InChI=1S/C12H17N5O/c1-16(8-12(18)4-2-3-5-12)10-11-15-14-9-17(11)7-6-13-10/h6-7,9,18H,2-5,8H2,1H3. The van der Waals surface area contributed by atoms with Crippen LogP contribution >= 0.6 is 0 Å². The summed E-state index contributed by atoms with van der Waals surface area (Å²) in [6.07, 6.45) is 9.14. The fourth-order valence-electron chi connectivity index (χ4n) is 2.72. The quantitative estimate of drug-likeness (QED) is 0.871. The van der Waals surface area contributed by atoms with Gasteiger partial charge in [0.1, 0.15) is 6.33 Å². The van der Waals surface area contributed by atoms with Crippen LogP contribution < -0.4 is 4.90 Å². The van der Waals surface area contributed by atoms with Crippen molar-refractivity contribution in [2.24, 2.45) is 0 Å². The predicted octanol–water partition coefficient (Wildman–Crippen LogP) is 0.866. The SMILES string of the molecule is CN(CC1(O)CCCC1)c1nccn2cnnc12. The highest BCUT2D eigenvalue weighted by molar-refractivity contribution is 5.62. The minimum absolute atomic E-state index is 0.580. The van der Waals surface area contributed by atoms with Crippen LogP contribution in [-0.4, -0.2) is 43.9 Å². The van der Waals surface area contributed by atoms with E-state index in [4.69, 9.17) is 0 Å². The van der Waals surface area contributed by atoms with Crippen LogP contribution in [0.3, 0.4) is 0 Å². The highest BCUT2D eigenvalue weighted by Crippen LogP contribution is 2.31. The van der Waals surface area contributed by atoms with Crippen LogP contribution in [0.25, 0.3) is 5.65 Å². The van der Waals surface area contributed by atoms with E-state index in [1.807, 2.05) is 22.5 Å². The average Bonchev–Trinajstić information content (AvgIpc) is 2.96. The number of aliphatic hydroxyl groups is 1. The molecule has 6 nitrogen and oxygen atoms in total. The van der Waals surface area contributed by atoms with Crippen molar-refractivity contribution in [2.75, 3.05) is 18.5 Å². The first-order chi connectivity index (χ1) is 8.68. The zero-order valence-electron chi connectivity index (χ0n) is 10.5. The third-order valence-electron chi connectivity index (χ3n) is 3.62. The minimum atomic E-state index is -0.580. The minimum Gasteiger partial charge on any atom is -0.388 e. The molecule has 0 bridgehead atoms. The molecule has 0 unspecified atom stereocenters. The molecule has 1 N–H and O–H groups in total. The number of hydrogen-bond donors (Lipinski definition) is 1. The smallest absolute Gasteiger partial charge is 0.203 e. The summed E-state index contributed by atoms with van der Waals surface area (Å²) in [5, 5.41) is 18.4. The fourth-order valence-corrected chi connectivity index (χ4v) is 2.72. The van der Waals surface area contributed by atoms with E-state index >= 15 is 0 Å². The second-order valence-corrected chi connectivity index (χ2v) is 5.10. The molecule has 96 valence electrons. The van der Waals surface area contributed by atoms with Crippen LogP contribution in [0.1, 0.15) is 25.7 Å². The van der Waals surface area contributed by atoms with Gasteiger partial charge in [-0.15, -0.1) is 10.2 Å². The highest BCUT2D eigenvalue weighted by Gasteiger charge is 2.33. The Kier molecular flexibility index (Phi) is 2.66. The molecule has 0 atom stereocenters. The average molecular weight is 247 g/mol. The summed E-state index contributed by atoms with van der Waals surface area (Å²) >= 11 is 0. The maximum Gasteiger partial charge on any atom is 0.203 e. The number of fused-ring (bicyclic) bond motifs is 1. The van der Waals surface area contributed by atoms with Gasteiger partial charge < -0.3 is 10.0 Å². The lowest BCUT2D eigenvalue weighted by molar-refractivity contribution is 0.0558. The summed E-state index contributed by atoms with van der Waals surface area (Å²) in [6.45, 7) is 0.590. The third-order valence-corrected chi connectivity index (χ3v) is 3.62. The van der Waals surface area contributed by atoms with E-state index in [0.717, 1.165) is 37.1 Å². The van der Waals surface area contributed by atoms with Crippen molar-refractivity contribution in [3.63, 3.8) is 0 Å². The van der Waals surface area contributed by atoms with Gasteiger partial charge in [-0.2, -0.15) is 0 Å². The Morgan fingerprint density at radius 1 is 1.44 bits per heavy atom. The highest BCUT2D eigenvalue weighted by atomic mass is 16.3. The predicted molar refractivity (Wildman–Crippen MR) is 67.5 cm³/mol. The summed E-state index contributed by atoms with van der Waals surface area (Å²) in [7, 11) is 1.94. The first kappa shape index (κ1) is 11.4. The largest absolute Gasteiger partial charge is 0.388 e. The van der Waals surface area contributed by atoms with E-state index in [1.54, 1.807) is 12.5 Å². The lowest BCUT2D eigenvalue weighted by Gasteiger charge is -2.29. The van der Waals surface area contributed by atoms with Crippen molar-refractivity contribution in [3.05, 3.63) is 18.7 Å². The number of hydrogen-bond acceptors (Lipinski definition) is 5. The Bertz CT molecular complexity index is 546. The van der Waals surface area contributed by atoms with Crippen molar-refractivity contribution in [3.8, 4) is 0 Å². The lowest BCUT2D eigenvalue weighted by Crippen LogP contribution is -2.39. The van der Waals surface area contributed by atoms with E-state index in [0.29, 0.717) is 6.54 Å². The summed E-state index contributed by atoms with van der Waals surface area (Å²) in [4.78, 5) is 6.31. The number of rotatable bonds is 3. The van der Waals surface area contributed by atoms with Gasteiger partial charge in [-0.3, -0.25) is 4.40 Å². The Morgan fingerprint density at radius 3 is 3.00 bits per heavy atom. The van der Waals surface area contributed by atoms with Crippen LogP contribution in [0.2, 0.25) is 0 Å². The molecule has 3 rings (SSSR count). The van der Waals surface area contributed by atoms with Crippen molar-refractivity contribution in [2.45, 2.75) is 31.3 Å². The summed E-state index contributed by atoms with van der Waals surface area (Å²) in [5.74, 6) is 0.760. The maximum atomic E-state index is 10.4. The monoisotopic (exact) mass is 247 g/mol. The molecule has 1 aliphatic rings.